The highest BCUT2D eigenvalue weighted by molar-refractivity contribution is 6.32. The second kappa shape index (κ2) is 9.28. The van der Waals surface area contributed by atoms with E-state index in [2.05, 4.69) is 31.9 Å². The molecule has 0 bridgehead atoms. The van der Waals surface area contributed by atoms with Gasteiger partial charge in [0.05, 0.1) is 30.0 Å². The molecule has 0 saturated carbocycles. The number of hydrogen-bond acceptors (Lipinski definition) is 7. The fourth-order valence-corrected chi connectivity index (χ4v) is 3.51. The number of nitriles is 1. The minimum absolute atomic E-state index is 0.493. The maximum Gasteiger partial charge on any atom is 0.156 e. The van der Waals surface area contributed by atoms with Crippen molar-refractivity contribution in [2.24, 2.45) is 0 Å². The molecule has 154 valence electrons. The van der Waals surface area contributed by atoms with Gasteiger partial charge in [-0.05, 0) is 41.5 Å². The lowest BCUT2D eigenvalue weighted by molar-refractivity contribution is 0.415. The van der Waals surface area contributed by atoms with Crippen molar-refractivity contribution in [3.05, 3.63) is 82.8 Å². The molecule has 0 aliphatic heterocycles. The number of rotatable bonds is 7. The van der Waals surface area contributed by atoms with Crippen LogP contribution < -0.4 is 15.4 Å². The van der Waals surface area contributed by atoms with Crippen molar-refractivity contribution < 1.29 is 4.74 Å². The number of benzene rings is 2. The van der Waals surface area contributed by atoms with Gasteiger partial charge in [0.2, 0.25) is 0 Å². The maximum absolute atomic E-state index is 9.51. The molecule has 0 atom stereocenters. The number of anilines is 2. The Hall–Kier alpha value is -3.89. The number of nitrogens with zero attached hydrogens (tertiary/aromatic N) is 4. The smallest absolute Gasteiger partial charge is 0.156 e. The van der Waals surface area contributed by atoms with Crippen LogP contribution in [-0.2, 0) is 13.1 Å². The minimum Gasteiger partial charge on any atom is -0.495 e. The molecule has 2 aromatic carbocycles. The van der Waals surface area contributed by atoms with Crippen LogP contribution in [0, 0.1) is 11.3 Å². The summed E-state index contributed by atoms with van der Waals surface area (Å²) in [6.45, 7) is 1.07. The fourth-order valence-electron chi connectivity index (χ4n) is 3.23. The van der Waals surface area contributed by atoms with Crippen molar-refractivity contribution in [2.45, 2.75) is 13.1 Å². The van der Waals surface area contributed by atoms with E-state index in [1.807, 2.05) is 42.5 Å². The first kappa shape index (κ1) is 20.4. The molecular weight excluding hydrogens is 412 g/mol. The number of methoxy groups -OCH3 is 1. The second-order valence-electron chi connectivity index (χ2n) is 6.83. The summed E-state index contributed by atoms with van der Waals surface area (Å²) in [7, 11) is 1.58. The molecule has 2 heterocycles. The van der Waals surface area contributed by atoms with Gasteiger partial charge in [-0.1, -0.05) is 23.7 Å². The van der Waals surface area contributed by atoms with Crippen molar-refractivity contribution in [3.8, 4) is 11.8 Å². The van der Waals surface area contributed by atoms with E-state index in [4.69, 9.17) is 16.3 Å². The average Bonchev–Trinajstić information content (AvgIpc) is 2.81. The van der Waals surface area contributed by atoms with Crippen LogP contribution in [0.15, 0.2) is 61.1 Å². The third kappa shape index (κ3) is 4.65. The van der Waals surface area contributed by atoms with Crippen LogP contribution in [0.25, 0.3) is 10.8 Å². The summed E-state index contributed by atoms with van der Waals surface area (Å²) in [4.78, 5) is 4.14. The Bertz CT molecular complexity index is 1260. The number of nitrogens with one attached hydrogen (secondary N) is 2. The minimum atomic E-state index is 0.493. The first-order valence-corrected chi connectivity index (χ1v) is 9.94. The Balaban J connectivity index is 1.62. The first-order valence-electron chi connectivity index (χ1n) is 9.56. The monoisotopic (exact) mass is 430 g/mol. The molecule has 0 aliphatic rings. The Morgan fingerprint density at radius 1 is 1.03 bits per heavy atom. The van der Waals surface area contributed by atoms with Gasteiger partial charge in [-0.25, -0.2) is 0 Å². The van der Waals surface area contributed by atoms with Gasteiger partial charge in [-0.2, -0.15) is 10.4 Å². The third-order valence-electron chi connectivity index (χ3n) is 4.79. The van der Waals surface area contributed by atoms with Crippen LogP contribution in [0.2, 0.25) is 5.02 Å². The van der Waals surface area contributed by atoms with Crippen molar-refractivity contribution in [2.75, 3.05) is 17.7 Å². The molecule has 7 nitrogen and oxygen atoms in total. The standard InChI is InChI=1S/C23H19ClN6O/c1-31-22-5-4-15(8-20(22)24)12-28-23-18-7-17(10-25)9-21(19(18)14-29-30-23)27-13-16-3-2-6-26-11-16/h2-9,11,14,27H,12-13H2,1H3,(H,28,30). The normalized spacial score (nSPS) is 10.5. The molecule has 0 saturated heterocycles. The average molecular weight is 431 g/mol. The molecule has 2 N–H and O–H groups in total. The molecule has 0 radical (unpaired) electrons. The number of fused-ring (bicyclic) bond motifs is 1. The molecular formula is C23H19ClN6O. The van der Waals surface area contributed by atoms with Gasteiger partial charge in [0.1, 0.15) is 5.75 Å². The molecule has 31 heavy (non-hydrogen) atoms. The summed E-state index contributed by atoms with van der Waals surface area (Å²) in [5.41, 5.74) is 3.35. The van der Waals surface area contributed by atoms with E-state index in [0.29, 0.717) is 35.2 Å². The largest absolute Gasteiger partial charge is 0.495 e. The third-order valence-corrected chi connectivity index (χ3v) is 5.09. The Morgan fingerprint density at radius 3 is 2.65 bits per heavy atom. The fraction of sp³-hybridized carbons (Fsp3) is 0.130. The van der Waals surface area contributed by atoms with Crippen molar-refractivity contribution in [1.82, 2.24) is 15.2 Å². The molecule has 0 aliphatic carbocycles. The molecule has 0 spiro atoms. The SMILES string of the molecule is COc1ccc(CNc2nncc3c(NCc4cccnc4)cc(C#N)cc23)cc1Cl. The van der Waals surface area contributed by atoms with E-state index in [1.165, 1.54) is 0 Å². The lowest BCUT2D eigenvalue weighted by atomic mass is 10.1. The van der Waals surface area contributed by atoms with E-state index in [9.17, 15) is 5.26 Å². The van der Waals surface area contributed by atoms with Gasteiger partial charge >= 0.3 is 0 Å². The molecule has 4 aromatic rings. The predicted molar refractivity (Wildman–Crippen MR) is 121 cm³/mol. The lowest BCUT2D eigenvalue weighted by Crippen LogP contribution is -2.05. The summed E-state index contributed by atoms with van der Waals surface area (Å²) in [6.07, 6.45) is 5.23. The Morgan fingerprint density at radius 2 is 1.90 bits per heavy atom. The molecule has 8 heteroatoms. The maximum atomic E-state index is 9.51. The second-order valence-corrected chi connectivity index (χ2v) is 7.23. The van der Waals surface area contributed by atoms with Gasteiger partial charge in [-0.3, -0.25) is 4.98 Å². The quantitative estimate of drug-likeness (QED) is 0.435. The van der Waals surface area contributed by atoms with E-state index in [1.54, 1.807) is 25.7 Å². The van der Waals surface area contributed by atoms with Gasteiger partial charge in [-0.15, -0.1) is 5.10 Å². The molecule has 0 amide bonds. The number of pyridine rings is 1. The predicted octanol–water partition coefficient (Wildman–Crippen LogP) is 4.78. The summed E-state index contributed by atoms with van der Waals surface area (Å²) in [5, 5.41) is 26.8. The van der Waals surface area contributed by atoms with Crippen LogP contribution in [0.5, 0.6) is 5.75 Å². The van der Waals surface area contributed by atoms with Crippen LogP contribution >= 0.6 is 11.6 Å². The molecule has 0 unspecified atom stereocenters. The van der Waals surface area contributed by atoms with Gasteiger partial charge in [0, 0.05) is 41.9 Å². The molecule has 2 aromatic heterocycles. The number of halogens is 1. The lowest BCUT2D eigenvalue weighted by Gasteiger charge is -2.13. The van der Waals surface area contributed by atoms with Crippen molar-refractivity contribution >= 4 is 33.9 Å². The van der Waals surface area contributed by atoms with Crippen LogP contribution in [0.4, 0.5) is 11.5 Å². The van der Waals surface area contributed by atoms with Gasteiger partial charge in [0.15, 0.2) is 5.82 Å². The highest BCUT2D eigenvalue weighted by Gasteiger charge is 2.11. The van der Waals surface area contributed by atoms with E-state index in [0.717, 1.165) is 27.6 Å². The topological polar surface area (TPSA) is 95.8 Å². The molecule has 0 fully saturated rings. The highest BCUT2D eigenvalue weighted by Crippen LogP contribution is 2.30. The highest BCUT2D eigenvalue weighted by atomic mass is 35.5. The zero-order valence-corrected chi connectivity index (χ0v) is 17.5. The first-order chi connectivity index (χ1) is 15.2. The summed E-state index contributed by atoms with van der Waals surface area (Å²) >= 11 is 6.22. The van der Waals surface area contributed by atoms with Crippen molar-refractivity contribution in [1.29, 1.82) is 5.26 Å². The number of aromatic nitrogens is 3. The zero-order valence-electron chi connectivity index (χ0n) is 16.8. The van der Waals surface area contributed by atoms with E-state index in [-0.39, 0.29) is 0 Å². The number of hydrogen-bond donors (Lipinski definition) is 2. The zero-order chi connectivity index (χ0) is 21.6. The van der Waals surface area contributed by atoms with Crippen LogP contribution in [0.1, 0.15) is 16.7 Å². The van der Waals surface area contributed by atoms with E-state index < -0.39 is 0 Å². The van der Waals surface area contributed by atoms with E-state index >= 15 is 0 Å². The molecule has 4 rings (SSSR count). The Labute approximate surface area is 184 Å². The summed E-state index contributed by atoms with van der Waals surface area (Å²) < 4.78 is 5.20. The van der Waals surface area contributed by atoms with Gasteiger partial charge < -0.3 is 15.4 Å². The summed E-state index contributed by atoms with van der Waals surface area (Å²) in [6, 6.07) is 15.3. The summed E-state index contributed by atoms with van der Waals surface area (Å²) in [5.74, 6) is 1.21. The number of ether oxygens (including phenoxy) is 1. The van der Waals surface area contributed by atoms with Crippen LogP contribution in [-0.4, -0.2) is 22.3 Å². The van der Waals surface area contributed by atoms with Crippen LogP contribution in [0.3, 0.4) is 0 Å². The Kier molecular flexibility index (Phi) is 6.11. The van der Waals surface area contributed by atoms with Crippen molar-refractivity contribution in [3.63, 3.8) is 0 Å². The van der Waals surface area contributed by atoms with Gasteiger partial charge in [0.25, 0.3) is 0 Å².